The van der Waals surface area contributed by atoms with E-state index in [0.717, 1.165) is 11.3 Å². The van der Waals surface area contributed by atoms with Crippen molar-refractivity contribution in [2.24, 2.45) is 0 Å². The smallest absolute Gasteiger partial charge is 0.187 e. The molecule has 8 heteroatoms. The molecule has 1 heterocycles. The Balaban J connectivity index is 1.83. The zero-order chi connectivity index (χ0) is 16.4. The molecule has 0 saturated heterocycles. The molecule has 118 valence electrons. The number of rotatable bonds is 4. The molecular weight excluding hydrogens is 357 g/mol. The second kappa shape index (κ2) is 6.74. The predicted octanol–water partition coefficient (Wildman–Crippen LogP) is 5.45. The van der Waals surface area contributed by atoms with E-state index in [1.807, 2.05) is 5.38 Å². The van der Waals surface area contributed by atoms with Gasteiger partial charge in [-0.3, -0.25) is 10.4 Å². The van der Waals surface area contributed by atoms with Gasteiger partial charge in [0, 0.05) is 10.9 Å². The molecule has 0 aliphatic rings. The van der Waals surface area contributed by atoms with E-state index in [-0.39, 0.29) is 10.9 Å². The summed E-state index contributed by atoms with van der Waals surface area (Å²) in [5.41, 5.74) is 2.49. The van der Waals surface area contributed by atoms with Crippen molar-refractivity contribution >= 4 is 51.0 Å². The molecule has 0 saturated carbocycles. The van der Waals surface area contributed by atoms with Gasteiger partial charge in [0.15, 0.2) is 5.13 Å². The SMILES string of the molecule is ON(O)c1ccc(-c2csc(Nc3c(Cl)cccc3Cl)n2)cc1. The van der Waals surface area contributed by atoms with Gasteiger partial charge in [-0.05, 0) is 24.3 Å². The average molecular weight is 368 g/mol. The molecule has 3 N–H and O–H groups in total. The summed E-state index contributed by atoms with van der Waals surface area (Å²) in [6, 6.07) is 11.9. The Kier molecular flexibility index (Phi) is 4.70. The molecule has 0 aliphatic heterocycles. The Labute approximate surface area is 146 Å². The van der Waals surface area contributed by atoms with Crippen molar-refractivity contribution in [3.8, 4) is 11.3 Å². The molecular formula is C15H11Cl2N3O2S. The van der Waals surface area contributed by atoms with Gasteiger partial charge in [-0.15, -0.1) is 16.6 Å². The maximum absolute atomic E-state index is 8.95. The Morgan fingerprint density at radius 1 is 1.00 bits per heavy atom. The number of benzene rings is 2. The minimum absolute atomic E-state index is 0.0667. The normalized spacial score (nSPS) is 10.6. The highest BCUT2D eigenvalue weighted by Gasteiger charge is 2.10. The molecule has 0 bridgehead atoms. The average Bonchev–Trinajstić information content (AvgIpc) is 3.00. The molecule has 0 aliphatic carbocycles. The van der Waals surface area contributed by atoms with E-state index in [1.54, 1.807) is 42.5 Å². The number of hydrogen-bond acceptors (Lipinski definition) is 6. The highest BCUT2D eigenvalue weighted by molar-refractivity contribution is 7.14. The Bertz CT molecular complexity index is 802. The Hall–Kier alpha value is -1.83. The van der Waals surface area contributed by atoms with Crippen LogP contribution in [0.25, 0.3) is 11.3 Å². The molecule has 0 unspecified atom stereocenters. The van der Waals surface area contributed by atoms with Crippen LogP contribution in [0.4, 0.5) is 16.5 Å². The van der Waals surface area contributed by atoms with Crippen LogP contribution in [0.5, 0.6) is 0 Å². The first-order valence-electron chi connectivity index (χ1n) is 6.49. The van der Waals surface area contributed by atoms with Crippen molar-refractivity contribution in [2.75, 3.05) is 10.5 Å². The topological polar surface area (TPSA) is 68.6 Å². The van der Waals surface area contributed by atoms with Crippen LogP contribution in [0.1, 0.15) is 0 Å². The van der Waals surface area contributed by atoms with Gasteiger partial charge in [-0.2, -0.15) is 0 Å². The van der Waals surface area contributed by atoms with E-state index in [1.165, 1.54) is 11.3 Å². The first-order chi connectivity index (χ1) is 11.0. The van der Waals surface area contributed by atoms with Crippen molar-refractivity contribution in [3.05, 3.63) is 57.9 Å². The van der Waals surface area contributed by atoms with E-state index in [9.17, 15) is 0 Å². The minimum atomic E-state index is 0.0667. The van der Waals surface area contributed by atoms with Crippen LogP contribution in [0, 0.1) is 0 Å². The van der Waals surface area contributed by atoms with Crippen molar-refractivity contribution in [1.82, 2.24) is 4.98 Å². The number of halogens is 2. The van der Waals surface area contributed by atoms with Crippen LogP contribution in [0.3, 0.4) is 0 Å². The fourth-order valence-electron chi connectivity index (χ4n) is 1.95. The molecule has 0 spiro atoms. The molecule has 5 nitrogen and oxygen atoms in total. The van der Waals surface area contributed by atoms with E-state index in [0.29, 0.717) is 20.9 Å². The van der Waals surface area contributed by atoms with E-state index >= 15 is 0 Å². The lowest BCUT2D eigenvalue weighted by molar-refractivity contribution is 0.0292. The fraction of sp³-hybridized carbons (Fsp3) is 0. The standard InChI is InChI=1S/C15H11Cl2N3O2S/c16-11-2-1-3-12(17)14(11)19-15-18-13(8-23-15)9-4-6-10(7-5-9)20(21)22/h1-8,21-22H,(H,18,19). The van der Waals surface area contributed by atoms with Crippen LogP contribution in [-0.4, -0.2) is 15.4 Å². The third kappa shape index (κ3) is 3.57. The molecule has 3 aromatic rings. The summed E-state index contributed by atoms with van der Waals surface area (Å²) in [5.74, 6) is 0. The van der Waals surface area contributed by atoms with Crippen LogP contribution in [0.15, 0.2) is 47.8 Å². The highest BCUT2D eigenvalue weighted by Crippen LogP contribution is 2.34. The zero-order valence-corrected chi connectivity index (χ0v) is 13.9. The summed E-state index contributed by atoms with van der Waals surface area (Å²) in [5, 5.41) is 24.7. The number of aromatic nitrogens is 1. The molecule has 0 atom stereocenters. The number of para-hydroxylation sites is 1. The zero-order valence-electron chi connectivity index (χ0n) is 11.6. The van der Waals surface area contributed by atoms with E-state index in [4.69, 9.17) is 33.6 Å². The molecule has 0 fully saturated rings. The summed E-state index contributed by atoms with van der Waals surface area (Å²) >= 11 is 13.7. The van der Waals surface area contributed by atoms with Gasteiger partial charge in [0.2, 0.25) is 0 Å². The molecule has 2 aromatic carbocycles. The minimum Gasteiger partial charge on any atom is -0.329 e. The third-order valence-corrected chi connectivity index (χ3v) is 4.48. The van der Waals surface area contributed by atoms with Gasteiger partial charge in [-0.1, -0.05) is 41.4 Å². The predicted molar refractivity (Wildman–Crippen MR) is 93.3 cm³/mol. The monoisotopic (exact) mass is 367 g/mol. The Morgan fingerprint density at radius 3 is 2.26 bits per heavy atom. The highest BCUT2D eigenvalue weighted by atomic mass is 35.5. The first-order valence-corrected chi connectivity index (χ1v) is 8.13. The van der Waals surface area contributed by atoms with Crippen molar-refractivity contribution < 1.29 is 10.4 Å². The largest absolute Gasteiger partial charge is 0.329 e. The van der Waals surface area contributed by atoms with Crippen molar-refractivity contribution in [2.45, 2.75) is 0 Å². The maximum Gasteiger partial charge on any atom is 0.187 e. The van der Waals surface area contributed by atoms with Crippen LogP contribution in [0.2, 0.25) is 10.0 Å². The van der Waals surface area contributed by atoms with Crippen LogP contribution in [-0.2, 0) is 0 Å². The van der Waals surface area contributed by atoms with Gasteiger partial charge < -0.3 is 5.32 Å². The summed E-state index contributed by atoms with van der Waals surface area (Å²) in [6.45, 7) is 0. The van der Waals surface area contributed by atoms with Gasteiger partial charge in [-0.25, -0.2) is 4.98 Å². The fourth-order valence-corrected chi connectivity index (χ4v) is 3.17. The summed E-state index contributed by atoms with van der Waals surface area (Å²) in [4.78, 5) is 4.48. The molecule has 3 rings (SSSR count). The molecule has 23 heavy (non-hydrogen) atoms. The van der Waals surface area contributed by atoms with Gasteiger partial charge >= 0.3 is 0 Å². The van der Waals surface area contributed by atoms with E-state index < -0.39 is 0 Å². The second-order valence-electron chi connectivity index (χ2n) is 4.60. The van der Waals surface area contributed by atoms with E-state index in [2.05, 4.69) is 10.3 Å². The molecule has 0 amide bonds. The van der Waals surface area contributed by atoms with Crippen molar-refractivity contribution in [3.63, 3.8) is 0 Å². The van der Waals surface area contributed by atoms with Gasteiger partial charge in [0.25, 0.3) is 0 Å². The van der Waals surface area contributed by atoms with Crippen LogP contribution < -0.4 is 10.5 Å². The van der Waals surface area contributed by atoms with Gasteiger partial charge in [0.05, 0.1) is 27.1 Å². The quantitative estimate of drug-likeness (QED) is 0.535. The number of nitrogens with zero attached hydrogens (tertiary/aromatic N) is 2. The lowest BCUT2D eigenvalue weighted by atomic mass is 10.1. The lowest BCUT2D eigenvalue weighted by Gasteiger charge is -2.08. The summed E-state index contributed by atoms with van der Waals surface area (Å²) < 4.78 is 0. The third-order valence-electron chi connectivity index (χ3n) is 3.09. The Morgan fingerprint density at radius 2 is 1.65 bits per heavy atom. The summed E-state index contributed by atoms with van der Waals surface area (Å²) in [7, 11) is 0. The molecule has 0 radical (unpaired) electrons. The number of hydrogen-bond donors (Lipinski definition) is 3. The lowest BCUT2D eigenvalue weighted by Crippen LogP contribution is -2.10. The first kappa shape index (κ1) is 16.0. The number of nitrogens with one attached hydrogen (secondary N) is 1. The second-order valence-corrected chi connectivity index (χ2v) is 6.27. The number of thiazole rings is 1. The van der Waals surface area contributed by atoms with Gasteiger partial charge in [0.1, 0.15) is 0 Å². The van der Waals surface area contributed by atoms with Crippen LogP contribution >= 0.6 is 34.5 Å². The summed E-state index contributed by atoms with van der Waals surface area (Å²) in [6.07, 6.45) is 0. The maximum atomic E-state index is 8.95. The molecule has 1 aromatic heterocycles. The number of anilines is 3. The van der Waals surface area contributed by atoms with Crippen molar-refractivity contribution in [1.29, 1.82) is 0 Å².